The summed E-state index contributed by atoms with van der Waals surface area (Å²) in [6, 6.07) is -1.05. The molecule has 0 unspecified atom stereocenters. The minimum absolute atomic E-state index is 0.323. The molecule has 0 amide bonds. The van der Waals surface area contributed by atoms with Gasteiger partial charge >= 0.3 is 11.9 Å². The van der Waals surface area contributed by atoms with Crippen molar-refractivity contribution in [3.05, 3.63) is 0 Å². The summed E-state index contributed by atoms with van der Waals surface area (Å²) in [4.78, 5) is 23.9. The van der Waals surface area contributed by atoms with Crippen molar-refractivity contribution in [2.24, 2.45) is 0 Å². The van der Waals surface area contributed by atoms with Gasteiger partial charge in [0, 0.05) is 5.75 Å². The maximum absolute atomic E-state index is 12.0. The van der Waals surface area contributed by atoms with Crippen molar-refractivity contribution in [1.82, 2.24) is 5.32 Å². The summed E-state index contributed by atoms with van der Waals surface area (Å²) < 4.78 is 10.4. The van der Waals surface area contributed by atoms with Gasteiger partial charge in [-0.2, -0.15) is 11.8 Å². The van der Waals surface area contributed by atoms with Crippen molar-refractivity contribution in [2.45, 2.75) is 65.6 Å². The van der Waals surface area contributed by atoms with Crippen molar-refractivity contribution in [2.75, 3.05) is 18.1 Å². The average molecular weight is 319 g/mol. The zero-order valence-electron chi connectivity index (χ0n) is 14.0. The molecule has 21 heavy (non-hydrogen) atoms. The molecule has 0 aliphatic heterocycles. The number of rotatable bonds is 9. The molecular formula is C15H29NO4S. The fourth-order valence-electron chi connectivity index (χ4n) is 1.53. The molecule has 124 valence electrons. The standard InChI is InChI=1S/C15H29NO4S/c1-7-9-21-10-12(14(18)19-8-2)16-11(3)13(17)20-15(4,5)6/h11-12,16H,7-10H2,1-6H3/t11-,12-/m0/s1. The molecule has 0 saturated carbocycles. The number of thioether (sulfide) groups is 1. The zero-order valence-corrected chi connectivity index (χ0v) is 14.8. The summed E-state index contributed by atoms with van der Waals surface area (Å²) in [5, 5.41) is 3.01. The fraction of sp³-hybridized carbons (Fsp3) is 0.867. The first-order chi connectivity index (χ1) is 9.71. The van der Waals surface area contributed by atoms with E-state index in [1.807, 2.05) is 20.8 Å². The van der Waals surface area contributed by atoms with Crippen LogP contribution in [0.2, 0.25) is 0 Å². The van der Waals surface area contributed by atoms with Gasteiger partial charge in [0.05, 0.1) is 6.61 Å². The molecule has 0 aromatic carbocycles. The minimum atomic E-state index is -0.555. The first-order valence-electron chi connectivity index (χ1n) is 7.44. The van der Waals surface area contributed by atoms with Gasteiger partial charge in [0.2, 0.25) is 0 Å². The van der Waals surface area contributed by atoms with Crippen LogP contribution in [0.15, 0.2) is 0 Å². The highest BCUT2D eigenvalue weighted by atomic mass is 32.2. The van der Waals surface area contributed by atoms with E-state index >= 15 is 0 Å². The lowest BCUT2D eigenvalue weighted by molar-refractivity contribution is -0.157. The Morgan fingerprint density at radius 2 is 1.81 bits per heavy atom. The van der Waals surface area contributed by atoms with E-state index in [0.717, 1.165) is 12.2 Å². The van der Waals surface area contributed by atoms with Gasteiger partial charge in [0.15, 0.2) is 0 Å². The zero-order chi connectivity index (χ0) is 16.5. The summed E-state index contributed by atoms with van der Waals surface area (Å²) >= 11 is 1.67. The van der Waals surface area contributed by atoms with Crippen LogP contribution >= 0.6 is 11.8 Å². The van der Waals surface area contributed by atoms with Crippen LogP contribution in [0.25, 0.3) is 0 Å². The van der Waals surface area contributed by atoms with E-state index < -0.39 is 17.7 Å². The Balaban J connectivity index is 4.55. The third-order valence-electron chi connectivity index (χ3n) is 2.42. The molecule has 0 aromatic heterocycles. The average Bonchev–Trinajstić information content (AvgIpc) is 2.35. The van der Waals surface area contributed by atoms with E-state index in [0.29, 0.717) is 12.4 Å². The lowest BCUT2D eigenvalue weighted by atomic mass is 10.2. The lowest BCUT2D eigenvalue weighted by Gasteiger charge is -2.25. The Labute approximate surface area is 132 Å². The summed E-state index contributed by atoms with van der Waals surface area (Å²) in [5.41, 5.74) is -0.538. The number of esters is 2. The number of hydrogen-bond acceptors (Lipinski definition) is 6. The van der Waals surface area contributed by atoms with Gasteiger partial charge in [-0.15, -0.1) is 0 Å². The quantitative estimate of drug-likeness (QED) is 0.520. The molecule has 0 fully saturated rings. The van der Waals surface area contributed by atoms with Crippen LogP contribution in [-0.4, -0.2) is 47.7 Å². The van der Waals surface area contributed by atoms with Gasteiger partial charge in [0.1, 0.15) is 17.7 Å². The molecular weight excluding hydrogens is 290 g/mol. The smallest absolute Gasteiger partial charge is 0.324 e. The molecule has 1 N–H and O–H groups in total. The molecule has 0 aliphatic rings. The van der Waals surface area contributed by atoms with Crippen molar-refractivity contribution in [3.8, 4) is 0 Å². The second-order valence-corrected chi connectivity index (χ2v) is 6.95. The van der Waals surface area contributed by atoms with Crippen molar-refractivity contribution >= 4 is 23.7 Å². The highest BCUT2D eigenvalue weighted by molar-refractivity contribution is 7.99. The van der Waals surface area contributed by atoms with E-state index in [-0.39, 0.29) is 11.9 Å². The SMILES string of the molecule is CCCSC[C@H](N[C@@H](C)C(=O)OC(C)(C)C)C(=O)OCC. The van der Waals surface area contributed by atoms with Crippen LogP contribution in [0.1, 0.15) is 48.0 Å². The summed E-state index contributed by atoms with van der Waals surface area (Å²) in [6.07, 6.45) is 1.04. The van der Waals surface area contributed by atoms with Crippen molar-refractivity contribution in [1.29, 1.82) is 0 Å². The predicted molar refractivity (Wildman–Crippen MR) is 86.5 cm³/mol. The number of hydrogen-bond donors (Lipinski definition) is 1. The summed E-state index contributed by atoms with van der Waals surface area (Å²) in [5.74, 6) is 0.867. The van der Waals surface area contributed by atoms with Gasteiger partial charge in [-0.3, -0.25) is 14.9 Å². The van der Waals surface area contributed by atoms with E-state index in [4.69, 9.17) is 9.47 Å². The van der Waals surface area contributed by atoms with Crippen LogP contribution in [-0.2, 0) is 19.1 Å². The molecule has 0 spiro atoms. The van der Waals surface area contributed by atoms with Gasteiger partial charge in [0.25, 0.3) is 0 Å². The van der Waals surface area contributed by atoms with E-state index in [1.54, 1.807) is 25.6 Å². The molecule has 0 saturated heterocycles. The maximum Gasteiger partial charge on any atom is 0.324 e. The van der Waals surface area contributed by atoms with Crippen molar-refractivity contribution < 1.29 is 19.1 Å². The van der Waals surface area contributed by atoms with E-state index in [9.17, 15) is 9.59 Å². The van der Waals surface area contributed by atoms with Gasteiger partial charge in [-0.1, -0.05) is 6.92 Å². The largest absolute Gasteiger partial charge is 0.465 e. The highest BCUT2D eigenvalue weighted by Crippen LogP contribution is 2.10. The topological polar surface area (TPSA) is 64.6 Å². The predicted octanol–water partition coefficient (Wildman–Crippen LogP) is 2.38. The maximum atomic E-state index is 12.0. The van der Waals surface area contributed by atoms with Crippen LogP contribution in [0.5, 0.6) is 0 Å². The normalized spacial score (nSPS) is 14.4. The Hall–Kier alpha value is -0.750. The third-order valence-corrected chi connectivity index (χ3v) is 3.68. The molecule has 2 atom stereocenters. The Kier molecular flexibility index (Phi) is 9.70. The number of nitrogens with one attached hydrogen (secondary N) is 1. The van der Waals surface area contributed by atoms with Gasteiger partial charge in [-0.05, 0) is 46.8 Å². The molecule has 0 aliphatic carbocycles. The van der Waals surface area contributed by atoms with E-state index in [1.165, 1.54) is 0 Å². The third kappa shape index (κ3) is 9.74. The summed E-state index contributed by atoms with van der Waals surface area (Å²) in [7, 11) is 0. The first kappa shape index (κ1) is 20.2. The lowest BCUT2D eigenvalue weighted by Crippen LogP contribution is -2.49. The molecule has 0 radical (unpaired) electrons. The number of carbonyl (C=O) groups excluding carboxylic acids is 2. The fourth-order valence-corrected chi connectivity index (χ4v) is 2.46. The van der Waals surface area contributed by atoms with Crippen LogP contribution in [0.3, 0.4) is 0 Å². The van der Waals surface area contributed by atoms with Crippen molar-refractivity contribution in [3.63, 3.8) is 0 Å². The molecule has 0 heterocycles. The van der Waals surface area contributed by atoms with Gasteiger partial charge < -0.3 is 9.47 Å². The van der Waals surface area contributed by atoms with E-state index in [2.05, 4.69) is 12.2 Å². The monoisotopic (exact) mass is 319 g/mol. The van der Waals surface area contributed by atoms with Crippen LogP contribution < -0.4 is 5.32 Å². The molecule has 6 heteroatoms. The molecule has 0 aromatic rings. The Morgan fingerprint density at radius 1 is 1.19 bits per heavy atom. The van der Waals surface area contributed by atoms with Crippen LogP contribution in [0, 0.1) is 0 Å². The summed E-state index contributed by atoms with van der Waals surface area (Å²) in [6.45, 7) is 11.3. The second kappa shape index (κ2) is 10.1. The van der Waals surface area contributed by atoms with Gasteiger partial charge in [-0.25, -0.2) is 0 Å². The Morgan fingerprint density at radius 3 is 2.29 bits per heavy atom. The minimum Gasteiger partial charge on any atom is -0.465 e. The first-order valence-corrected chi connectivity index (χ1v) is 8.60. The number of carbonyl (C=O) groups is 2. The molecule has 0 rings (SSSR count). The number of ether oxygens (including phenoxy) is 2. The second-order valence-electron chi connectivity index (χ2n) is 5.80. The van der Waals surface area contributed by atoms with Crippen LogP contribution in [0.4, 0.5) is 0 Å². The molecule has 0 bridgehead atoms. The highest BCUT2D eigenvalue weighted by Gasteiger charge is 2.27. The Bertz CT molecular complexity index is 328. The molecule has 5 nitrogen and oxygen atoms in total.